The highest BCUT2D eigenvalue weighted by Crippen LogP contribution is 2.48. The van der Waals surface area contributed by atoms with E-state index < -0.39 is 0 Å². The first-order chi connectivity index (χ1) is 12.1. The monoisotopic (exact) mass is 360 g/mol. The number of methoxy groups -OCH3 is 2. The quantitative estimate of drug-likeness (QED) is 0.383. The molecule has 134 valence electrons. The van der Waals surface area contributed by atoms with Crippen LogP contribution in [0.4, 0.5) is 0 Å². The Morgan fingerprint density at radius 3 is 2.56 bits per heavy atom. The Kier molecular flexibility index (Phi) is 6.98. The van der Waals surface area contributed by atoms with E-state index in [1.54, 1.807) is 14.2 Å². The SMILES string of the molecule is CCC(C)(Pc1ccccc1C=O)c1cc(OC)ccc1OCOC. The average molecular weight is 360 g/mol. The molecule has 2 aromatic rings. The smallest absolute Gasteiger partial charge is 0.188 e. The van der Waals surface area contributed by atoms with Crippen LogP contribution >= 0.6 is 8.58 Å². The number of rotatable bonds is 9. The van der Waals surface area contributed by atoms with Gasteiger partial charge in [-0.15, -0.1) is 0 Å². The highest BCUT2D eigenvalue weighted by atomic mass is 31.1. The third kappa shape index (κ3) is 4.59. The highest BCUT2D eigenvalue weighted by molar-refractivity contribution is 7.48. The normalized spacial score (nSPS) is 13.6. The van der Waals surface area contributed by atoms with Crippen LogP contribution in [-0.4, -0.2) is 27.3 Å². The Bertz CT molecular complexity index is 717. The van der Waals surface area contributed by atoms with E-state index in [1.165, 1.54) is 0 Å². The summed E-state index contributed by atoms with van der Waals surface area (Å²) in [6, 6.07) is 13.6. The summed E-state index contributed by atoms with van der Waals surface area (Å²) >= 11 is 0. The summed E-state index contributed by atoms with van der Waals surface area (Å²) in [6.45, 7) is 4.53. The summed E-state index contributed by atoms with van der Waals surface area (Å²) in [7, 11) is 3.68. The molecule has 4 nitrogen and oxygen atoms in total. The maximum atomic E-state index is 11.4. The third-order valence-corrected chi connectivity index (χ3v) is 6.22. The van der Waals surface area contributed by atoms with Crippen molar-refractivity contribution in [1.29, 1.82) is 0 Å². The number of carbonyl (C=O) groups is 1. The summed E-state index contributed by atoms with van der Waals surface area (Å²) in [4.78, 5) is 11.4. The van der Waals surface area contributed by atoms with Crippen molar-refractivity contribution in [2.75, 3.05) is 21.0 Å². The fraction of sp³-hybridized carbons (Fsp3) is 0.350. The van der Waals surface area contributed by atoms with Crippen LogP contribution in [0.1, 0.15) is 36.2 Å². The molecule has 0 heterocycles. The van der Waals surface area contributed by atoms with Crippen LogP contribution in [0, 0.1) is 0 Å². The molecule has 2 atom stereocenters. The second-order valence-corrected chi connectivity index (χ2v) is 7.82. The van der Waals surface area contributed by atoms with Crippen LogP contribution in [0.3, 0.4) is 0 Å². The Morgan fingerprint density at radius 2 is 1.92 bits per heavy atom. The van der Waals surface area contributed by atoms with E-state index in [9.17, 15) is 4.79 Å². The molecule has 0 aliphatic heterocycles. The molecule has 0 saturated heterocycles. The minimum Gasteiger partial charge on any atom is -0.497 e. The molecule has 0 fully saturated rings. The van der Waals surface area contributed by atoms with Gasteiger partial charge in [-0.05, 0) is 29.9 Å². The summed E-state index contributed by atoms with van der Waals surface area (Å²) in [5, 5.41) is 0.874. The zero-order valence-electron chi connectivity index (χ0n) is 15.2. The first-order valence-electron chi connectivity index (χ1n) is 8.20. The Morgan fingerprint density at radius 1 is 1.16 bits per heavy atom. The van der Waals surface area contributed by atoms with Gasteiger partial charge in [-0.1, -0.05) is 46.7 Å². The maximum absolute atomic E-state index is 11.4. The molecule has 0 saturated carbocycles. The van der Waals surface area contributed by atoms with Crippen LogP contribution in [0.2, 0.25) is 0 Å². The lowest BCUT2D eigenvalue weighted by Crippen LogP contribution is -2.21. The zero-order chi connectivity index (χ0) is 18.3. The van der Waals surface area contributed by atoms with Crippen molar-refractivity contribution in [3.05, 3.63) is 53.6 Å². The second kappa shape index (κ2) is 8.98. The maximum Gasteiger partial charge on any atom is 0.188 e. The van der Waals surface area contributed by atoms with Crippen LogP contribution in [0.25, 0.3) is 0 Å². The molecule has 0 spiro atoms. The highest BCUT2D eigenvalue weighted by Gasteiger charge is 2.30. The van der Waals surface area contributed by atoms with Crippen LogP contribution in [0.5, 0.6) is 11.5 Å². The first-order valence-corrected chi connectivity index (χ1v) is 9.20. The summed E-state index contributed by atoms with van der Waals surface area (Å²) in [5.74, 6) is 1.57. The fourth-order valence-corrected chi connectivity index (χ4v) is 4.24. The lowest BCUT2D eigenvalue weighted by atomic mass is 9.96. The van der Waals surface area contributed by atoms with Crippen molar-refractivity contribution in [1.82, 2.24) is 0 Å². The van der Waals surface area contributed by atoms with E-state index in [0.717, 1.165) is 40.6 Å². The summed E-state index contributed by atoms with van der Waals surface area (Å²) in [5.41, 5.74) is 1.80. The first kappa shape index (κ1) is 19.4. The number of carbonyl (C=O) groups excluding carboxylic acids is 1. The van der Waals surface area contributed by atoms with Crippen molar-refractivity contribution in [2.24, 2.45) is 0 Å². The van der Waals surface area contributed by atoms with Crippen molar-refractivity contribution in [2.45, 2.75) is 25.4 Å². The Balaban J connectivity index is 2.47. The minimum atomic E-state index is -0.184. The molecule has 5 heteroatoms. The van der Waals surface area contributed by atoms with Gasteiger partial charge in [0.1, 0.15) is 11.5 Å². The van der Waals surface area contributed by atoms with Gasteiger partial charge in [0, 0.05) is 23.4 Å². The van der Waals surface area contributed by atoms with Crippen molar-refractivity contribution < 1.29 is 19.0 Å². The largest absolute Gasteiger partial charge is 0.497 e. The van der Waals surface area contributed by atoms with E-state index in [2.05, 4.69) is 13.8 Å². The number of hydrogen-bond acceptors (Lipinski definition) is 4. The number of aldehydes is 1. The van der Waals surface area contributed by atoms with Crippen molar-refractivity contribution >= 4 is 20.2 Å². The van der Waals surface area contributed by atoms with Gasteiger partial charge in [0.25, 0.3) is 0 Å². The van der Waals surface area contributed by atoms with E-state index in [0.29, 0.717) is 8.58 Å². The van der Waals surface area contributed by atoms with Gasteiger partial charge in [0.05, 0.1) is 7.11 Å². The fourth-order valence-electron chi connectivity index (χ4n) is 2.67. The molecule has 2 aromatic carbocycles. The Hall–Kier alpha value is -1.90. The molecule has 0 amide bonds. The zero-order valence-corrected chi connectivity index (χ0v) is 16.2. The van der Waals surface area contributed by atoms with Gasteiger partial charge in [-0.25, -0.2) is 0 Å². The summed E-state index contributed by atoms with van der Waals surface area (Å²) in [6.07, 6.45) is 1.82. The van der Waals surface area contributed by atoms with Gasteiger partial charge in [0.15, 0.2) is 13.1 Å². The van der Waals surface area contributed by atoms with E-state index in [-0.39, 0.29) is 11.9 Å². The van der Waals surface area contributed by atoms with Crippen LogP contribution < -0.4 is 14.8 Å². The predicted molar refractivity (Wildman–Crippen MR) is 103 cm³/mol. The van der Waals surface area contributed by atoms with Gasteiger partial charge < -0.3 is 14.2 Å². The molecule has 0 aliphatic carbocycles. The molecular weight excluding hydrogens is 335 g/mol. The third-order valence-electron chi connectivity index (χ3n) is 4.32. The van der Waals surface area contributed by atoms with E-state index in [1.807, 2.05) is 42.5 Å². The number of benzene rings is 2. The van der Waals surface area contributed by atoms with E-state index >= 15 is 0 Å². The molecule has 25 heavy (non-hydrogen) atoms. The second-order valence-electron chi connectivity index (χ2n) is 5.93. The molecule has 2 unspecified atom stereocenters. The Labute approximate surface area is 151 Å². The van der Waals surface area contributed by atoms with Crippen LogP contribution in [0.15, 0.2) is 42.5 Å². The van der Waals surface area contributed by atoms with Gasteiger partial charge in [-0.2, -0.15) is 0 Å². The van der Waals surface area contributed by atoms with E-state index in [4.69, 9.17) is 14.2 Å². The molecular formula is C20H25O4P. The molecule has 0 bridgehead atoms. The van der Waals surface area contributed by atoms with Gasteiger partial charge in [-0.3, -0.25) is 4.79 Å². The predicted octanol–water partition coefficient (Wildman–Crippen LogP) is 4.12. The molecule has 0 N–H and O–H groups in total. The molecule has 0 aliphatic rings. The average Bonchev–Trinajstić information content (AvgIpc) is 2.66. The molecule has 2 rings (SSSR count). The van der Waals surface area contributed by atoms with Crippen molar-refractivity contribution in [3.8, 4) is 11.5 Å². The van der Waals surface area contributed by atoms with Crippen LogP contribution in [-0.2, 0) is 9.89 Å². The van der Waals surface area contributed by atoms with Gasteiger partial charge in [0.2, 0.25) is 0 Å². The van der Waals surface area contributed by atoms with Crippen molar-refractivity contribution in [3.63, 3.8) is 0 Å². The lowest BCUT2D eigenvalue weighted by Gasteiger charge is -2.31. The lowest BCUT2D eigenvalue weighted by molar-refractivity contribution is 0.0500. The standard InChI is InChI=1S/C20H25O4P/c1-5-20(2,25-19-9-7-6-8-15(19)13-21)17-12-16(23-4)10-11-18(17)24-14-22-3/h6-13,25H,5,14H2,1-4H3. The number of hydrogen-bond donors (Lipinski definition) is 0. The van der Waals surface area contributed by atoms with Gasteiger partial charge >= 0.3 is 0 Å². The number of ether oxygens (including phenoxy) is 3. The molecule has 0 aromatic heterocycles. The summed E-state index contributed by atoms with van der Waals surface area (Å²) < 4.78 is 16.3. The minimum absolute atomic E-state index is 0.184. The molecule has 0 radical (unpaired) electrons. The topological polar surface area (TPSA) is 44.8 Å².